The third-order valence-electron chi connectivity index (χ3n) is 2.55. The van der Waals surface area contributed by atoms with Gasteiger partial charge in [0.15, 0.2) is 11.6 Å². The van der Waals surface area contributed by atoms with E-state index < -0.39 is 22.2 Å². The highest BCUT2D eigenvalue weighted by Gasteiger charge is 2.23. The summed E-state index contributed by atoms with van der Waals surface area (Å²) >= 11 is 0. The van der Waals surface area contributed by atoms with Crippen molar-refractivity contribution in [2.45, 2.75) is 6.92 Å². The third kappa shape index (κ3) is 3.02. The Morgan fingerprint density at radius 3 is 2.67 bits per heavy atom. The molecular weight excluding hydrogens is 284 g/mol. The van der Waals surface area contributed by atoms with E-state index in [9.17, 15) is 18.9 Å². The second kappa shape index (κ2) is 6.07. The molecule has 0 spiro atoms. The number of hydrogen-bond donors (Lipinski definition) is 2. The summed E-state index contributed by atoms with van der Waals surface area (Å²) in [5, 5.41) is 16.3. The van der Waals surface area contributed by atoms with E-state index in [1.165, 1.54) is 12.1 Å². The number of aromatic nitrogens is 2. The monoisotopic (exact) mass is 295 g/mol. The van der Waals surface area contributed by atoms with E-state index in [1.54, 1.807) is 6.92 Å². The number of nitrogens with zero attached hydrogens (tertiary/aromatic N) is 3. The molecule has 0 aliphatic carbocycles. The molecule has 9 heteroatoms. The predicted molar refractivity (Wildman–Crippen MR) is 72.5 cm³/mol. The molecule has 0 atom stereocenters. The minimum absolute atomic E-state index is 0.00295. The van der Waals surface area contributed by atoms with Crippen molar-refractivity contribution in [2.75, 3.05) is 17.2 Å². The van der Waals surface area contributed by atoms with Gasteiger partial charge in [0.05, 0.1) is 10.6 Å². The summed E-state index contributed by atoms with van der Waals surface area (Å²) < 4.78 is 26.7. The lowest BCUT2D eigenvalue weighted by atomic mass is 10.3. The van der Waals surface area contributed by atoms with E-state index in [0.29, 0.717) is 6.54 Å². The molecule has 110 valence electrons. The van der Waals surface area contributed by atoms with E-state index in [-0.39, 0.29) is 17.3 Å². The van der Waals surface area contributed by atoms with Crippen LogP contribution < -0.4 is 10.6 Å². The highest BCUT2D eigenvalue weighted by Crippen LogP contribution is 2.31. The maximum Gasteiger partial charge on any atom is 0.353 e. The number of anilines is 3. The molecule has 0 aliphatic rings. The largest absolute Gasteiger partial charge is 0.364 e. The summed E-state index contributed by atoms with van der Waals surface area (Å²) in [5.74, 6) is -2.44. The number of hydrogen-bond acceptors (Lipinski definition) is 6. The summed E-state index contributed by atoms with van der Waals surface area (Å²) in [6, 6.07) is 3.47. The quantitative estimate of drug-likeness (QED) is 0.651. The molecule has 0 radical (unpaired) electrons. The van der Waals surface area contributed by atoms with E-state index in [1.807, 2.05) is 0 Å². The van der Waals surface area contributed by atoms with Gasteiger partial charge >= 0.3 is 5.69 Å². The minimum Gasteiger partial charge on any atom is -0.364 e. The van der Waals surface area contributed by atoms with E-state index in [4.69, 9.17) is 0 Å². The molecule has 2 N–H and O–H groups in total. The summed E-state index contributed by atoms with van der Waals surface area (Å²) in [6.45, 7) is 2.15. The summed E-state index contributed by atoms with van der Waals surface area (Å²) in [5.41, 5.74) is -0.692. The number of benzene rings is 1. The Balaban J connectivity index is 2.46. The van der Waals surface area contributed by atoms with Crippen molar-refractivity contribution in [3.63, 3.8) is 0 Å². The molecule has 0 saturated heterocycles. The van der Waals surface area contributed by atoms with Crippen molar-refractivity contribution >= 4 is 23.0 Å². The Labute approximate surface area is 118 Å². The molecule has 0 saturated carbocycles. The first-order chi connectivity index (χ1) is 10.0. The molecule has 2 aromatic rings. The van der Waals surface area contributed by atoms with Crippen LogP contribution in [0.2, 0.25) is 0 Å². The van der Waals surface area contributed by atoms with Crippen LogP contribution in [0.5, 0.6) is 0 Å². The van der Waals surface area contributed by atoms with Crippen LogP contribution >= 0.6 is 0 Å². The maximum atomic E-state index is 13.6. The van der Waals surface area contributed by atoms with E-state index >= 15 is 0 Å². The molecule has 21 heavy (non-hydrogen) atoms. The Morgan fingerprint density at radius 1 is 1.29 bits per heavy atom. The first-order valence-corrected chi connectivity index (χ1v) is 5.99. The van der Waals surface area contributed by atoms with Crippen LogP contribution in [0.4, 0.5) is 31.8 Å². The van der Waals surface area contributed by atoms with Crippen LogP contribution in [0.3, 0.4) is 0 Å². The predicted octanol–water partition coefficient (Wildman–Crippen LogP) is 2.84. The fourth-order valence-electron chi connectivity index (χ4n) is 1.67. The van der Waals surface area contributed by atoms with Crippen molar-refractivity contribution in [3.05, 3.63) is 46.3 Å². The molecule has 1 aromatic carbocycles. The van der Waals surface area contributed by atoms with Crippen LogP contribution in [0.15, 0.2) is 24.5 Å². The summed E-state index contributed by atoms with van der Waals surface area (Å²) in [7, 11) is 0. The lowest BCUT2D eigenvalue weighted by Gasteiger charge is -2.09. The van der Waals surface area contributed by atoms with E-state index in [0.717, 1.165) is 12.4 Å². The number of nitrogens with one attached hydrogen (secondary N) is 2. The van der Waals surface area contributed by atoms with Crippen molar-refractivity contribution in [1.82, 2.24) is 9.97 Å². The Hall–Kier alpha value is -2.84. The zero-order valence-electron chi connectivity index (χ0n) is 10.9. The molecule has 0 aliphatic heterocycles. The van der Waals surface area contributed by atoms with Crippen LogP contribution in [-0.4, -0.2) is 21.4 Å². The SMILES string of the molecule is CCNc1ncnc(Nc2cccc(F)c2F)c1[N+](=O)[O-]. The number of rotatable bonds is 5. The lowest BCUT2D eigenvalue weighted by Crippen LogP contribution is -2.08. The molecule has 7 nitrogen and oxygen atoms in total. The molecular formula is C12H11F2N5O2. The second-order valence-electron chi connectivity index (χ2n) is 3.93. The van der Waals surface area contributed by atoms with E-state index in [2.05, 4.69) is 20.6 Å². The third-order valence-corrected chi connectivity index (χ3v) is 2.55. The first kappa shape index (κ1) is 14.6. The fourth-order valence-corrected chi connectivity index (χ4v) is 1.67. The van der Waals surface area contributed by atoms with Gasteiger partial charge in [-0.05, 0) is 19.1 Å². The average Bonchev–Trinajstić information content (AvgIpc) is 2.44. The van der Waals surface area contributed by atoms with Gasteiger partial charge in [-0.15, -0.1) is 0 Å². The Kier molecular flexibility index (Phi) is 4.21. The number of nitro groups is 1. The summed E-state index contributed by atoms with van der Waals surface area (Å²) in [4.78, 5) is 17.9. The van der Waals surface area contributed by atoms with Crippen molar-refractivity contribution < 1.29 is 13.7 Å². The van der Waals surface area contributed by atoms with Gasteiger partial charge in [-0.2, -0.15) is 0 Å². The molecule has 1 heterocycles. The van der Waals surface area contributed by atoms with Crippen molar-refractivity contribution in [3.8, 4) is 0 Å². The molecule has 2 rings (SSSR count). The van der Waals surface area contributed by atoms with Crippen LogP contribution in [-0.2, 0) is 0 Å². The molecule has 0 amide bonds. The van der Waals surface area contributed by atoms with Gasteiger partial charge in [0.2, 0.25) is 11.6 Å². The molecule has 0 fully saturated rings. The summed E-state index contributed by atoms with van der Waals surface area (Å²) in [6.07, 6.45) is 1.09. The minimum atomic E-state index is -1.14. The number of halogens is 2. The smallest absolute Gasteiger partial charge is 0.353 e. The van der Waals surface area contributed by atoms with Crippen molar-refractivity contribution in [2.24, 2.45) is 0 Å². The van der Waals surface area contributed by atoms with Crippen LogP contribution in [0, 0.1) is 21.7 Å². The van der Waals surface area contributed by atoms with Crippen LogP contribution in [0.1, 0.15) is 6.92 Å². The Morgan fingerprint density at radius 2 is 2.00 bits per heavy atom. The van der Waals surface area contributed by atoms with Crippen molar-refractivity contribution in [1.29, 1.82) is 0 Å². The molecule has 0 bridgehead atoms. The normalized spacial score (nSPS) is 10.2. The van der Waals surface area contributed by atoms with Gasteiger partial charge in [0, 0.05) is 6.54 Å². The zero-order chi connectivity index (χ0) is 15.4. The standard InChI is InChI=1S/C12H11F2N5O2/c1-2-15-11-10(19(20)21)12(17-6-16-11)18-8-5-3-4-7(13)9(8)14/h3-6H,2H2,1H3,(H2,15,16,17,18). The highest BCUT2D eigenvalue weighted by molar-refractivity contribution is 5.73. The lowest BCUT2D eigenvalue weighted by molar-refractivity contribution is -0.383. The first-order valence-electron chi connectivity index (χ1n) is 5.99. The highest BCUT2D eigenvalue weighted by atomic mass is 19.2. The topological polar surface area (TPSA) is 93.0 Å². The Bertz CT molecular complexity index is 681. The molecule has 1 aromatic heterocycles. The average molecular weight is 295 g/mol. The van der Waals surface area contributed by atoms with Gasteiger partial charge in [-0.1, -0.05) is 6.07 Å². The second-order valence-corrected chi connectivity index (χ2v) is 3.93. The van der Waals surface area contributed by atoms with Gasteiger partial charge < -0.3 is 10.6 Å². The zero-order valence-corrected chi connectivity index (χ0v) is 10.9. The van der Waals surface area contributed by atoms with Gasteiger partial charge in [0.1, 0.15) is 6.33 Å². The fraction of sp³-hybridized carbons (Fsp3) is 0.167. The van der Waals surface area contributed by atoms with Gasteiger partial charge in [0.25, 0.3) is 0 Å². The maximum absolute atomic E-state index is 13.6. The van der Waals surface area contributed by atoms with Gasteiger partial charge in [-0.3, -0.25) is 10.1 Å². The van der Waals surface area contributed by atoms with Gasteiger partial charge in [-0.25, -0.2) is 18.7 Å². The molecule has 0 unspecified atom stereocenters. The van der Waals surface area contributed by atoms with Crippen LogP contribution in [0.25, 0.3) is 0 Å².